The van der Waals surface area contributed by atoms with E-state index in [9.17, 15) is 13.6 Å². The van der Waals surface area contributed by atoms with Gasteiger partial charge in [-0.25, -0.2) is 0 Å². The van der Waals surface area contributed by atoms with Crippen molar-refractivity contribution in [3.8, 4) is 5.75 Å². The summed E-state index contributed by atoms with van der Waals surface area (Å²) >= 11 is 0. The van der Waals surface area contributed by atoms with Gasteiger partial charge in [-0.05, 0) is 56.5 Å². The summed E-state index contributed by atoms with van der Waals surface area (Å²) in [6.07, 6.45) is 1.98. The van der Waals surface area contributed by atoms with Crippen LogP contribution in [0.4, 0.5) is 8.78 Å². The number of piperidine rings is 1. The highest BCUT2D eigenvalue weighted by Crippen LogP contribution is 2.26. The molecule has 2 N–H and O–H groups in total. The molecule has 124 valence electrons. The van der Waals surface area contributed by atoms with Crippen LogP contribution in [0.1, 0.15) is 34.3 Å². The second-order valence-electron chi connectivity index (χ2n) is 5.33. The number of carbonyl (C=O) groups excluding carboxylic acids is 1. The minimum Gasteiger partial charge on any atom is -0.434 e. The molecule has 7 heteroatoms. The predicted molar refractivity (Wildman–Crippen MR) is 83.2 cm³/mol. The normalized spacial score (nSPS) is 17.8. The van der Waals surface area contributed by atoms with Crippen LogP contribution in [0.15, 0.2) is 12.1 Å². The van der Waals surface area contributed by atoms with E-state index < -0.39 is 6.61 Å². The summed E-state index contributed by atoms with van der Waals surface area (Å²) < 4.78 is 29.2. The van der Waals surface area contributed by atoms with E-state index in [-0.39, 0.29) is 30.1 Å². The lowest BCUT2D eigenvalue weighted by atomic mass is 10.0. The number of alkyl halides is 2. The molecular weight excluding hydrogens is 314 g/mol. The largest absolute Gasteiger partial charge is 0.434 e. The number of hydrogen-bond donors (Lipinski definition) is 2. The van der Waals surface area contributed by atoms with Crippen LogP contribution in [-0.4, -0.2) is 31.7 Å². The Morgan fingerprint density at radius 1 is 1.36 bits per heavy atom. The predicted octanol–water partition coefficient (Wildman–Crippen LogP) is 2.81. The molecule has 1 aromatic rings. The van der Waals surface area contributed by atoms with E-state index >= 15 is 0 Å². The Morgan fingerprint density at radius 2 is 2.00 bits per heavy atom. The summed E-state index contributed by atoms with van der Waals surface area (Å²) in [7, 11) is 0. The third kappa shape index (κ3) is 4.81. The summed E-state index contributed by atoms with van der Waals surface area (Å²) in [6, 6.07) is 3.27. The lowest BCUT2D eigenvalue weighted by molar-refractivity contribution is -0.0507. The molecule has 1 aliphatic heterocycles. The smallest absolute Gasteiger partial charge is 0.387 e. The molecule has 0 aromatic heterocycles. The van der Waals surface area contributed by atoms with Crippen molar-refractivity contribution in [3.63, 3.8) is 0 Å². The molecule has 0 aliphatic carbocycles. The molecule has 0 saturated carbocycles. The Labute approximate surface area is 135 Å². The topological polar surface area (TPSA) is 50.4 Å². The fourth-order valence-electron chi connectivity index (χ4n) is 2.60. The first-order valence-corrected chi connectivity index (χ1v) is 7.05. The average Bonchev–Trinajstić information content (AvgIpc) is 2.43. The Hall–Kier alpha value is -1.40. The van der Waals surface area contributed by atoms with E-state index in [1.54, 1.807) is 26.0 Å². The zero-order chi connectivity index (χ0) is 15.4. The van der Waals surface area contributed by atoms with E-state index in [1.165, 1.54) is 0 Å². The number of aryl methyl sites for hydroxylation is 2. The van der Waals surface area contributed by atoms with Crippen molar-refractivity contribution in [3.05, 3.63) is 28.8 Å². The lowest BCUT2D eigenvalue weighted by Gasteiger charge is -2.24. The third-order valence-corrected chi connectivity index (χ3v) is 3.56. The number of nitrogens with one attached hydrogen (secondary N) is 2. The Bertz CT molecular complexity index is 497. The molecule has 0 spiro atoms. The zero-order valence-corrected chi connectivity index (χ0v) is 13.4. The van der Waals surface area contributed by atoms with Gasteiger partial charge >= 0.3 is 6.61 Å². The SMILES string of the molecule is Cc1cc(C(=O)N[C@H]2CCCNC2)cc(C)c1OC(F)F.Cl. The summed E-state index contributed by atoms with van der Waals surface area (Å²) in [5, 5.41) is 6.19. The third-order valence-electron chi connectivity index (χ3n) is 3.56. The monoisotopic (exact) mass is 334 g/mol. The van der Waals surface area contributed by atoms with Gasteiger partial charge in [-0.2, -0.15) is 8.78 Å². The van der Waals surface area contributed by atoms with E-state index in [2.05, 4.69) is 15.4 Å². The van der Waals surface area contributed by atoms with Gasteiger partial charge in [0.05, 0.1) is 0 Å². The number of hydrogen-bond acceptors (Lipinski definition) is 3. The minimum atomic E-state index is -2.87. The van der Waals surface area contributed by atoms with E-state index in [4.69, 9.17) is 0 Å². The van der Waals surface area contributed by atoms with Crippen LogP contribution in [-0.2, 0) is 0 Å². The summed E-state index contributed by atoms with van der Waals surface area (Å²) in [6.45, 7) is 2.18. The molecule has 4 nitrogen and oxygen atoms in total. The number of rotatable bonds is 4. The first-order chi connectivity index (χ1) is 9.97. The zero-order valence-electron chi connectivity index (χ0n) is 12.6. The maximum Gasteiger partial charge on any atom is 0.387 e. The molecular formula is C15H21ClF2N2O2. The van der Waals surface area contributed by atoms with Crippen molar-refractivity contribution in [2.75, 3.05) is 13.1 Å². The number of ether oxygens (including phenoxy) is 1. The van der Waals surface area contributed by atoms with Crippen molar-refractivity contribution in [2.45, 2.75) is 39.3 Å². The van der Waals surface area contributed by atoms with Crippen LogP contribution in [0.3, 0.4) is 0 Å². The summed E-state index contributed by atoms with van der Waals surface area (Å²) in [4.78, 5) is 12.2. The lowest BCUT2D eigenvalue weighted by Crippen LogP contribution is -2.45. The first kappa shape index (κ1) is 18.6. The fraction of sp³-hybridized carbons (Fsp3) is 0.533. The highest BCUT2D eigenvalue weighted by molar-refractivity contribution is 5.95. The van der Waals surface area contributed by atoms with Gasteiger partial charge in [0, 0.05) is 18.2 Å². The van der Waals surface area contributed by atoms with E-state index in [0.717, 1.165) is 25.9 Å². The van der Waals surface area contributed by atoms with Gasteiger partial charge in [0.15, 0.2) is 0 Å². The average molecular weight is 335 g/mol. The van der Waals surface area contributed by atoms with Gasteiger partial charge in [-0.15, -0.1) is 12.4 Å². The molecule has 1 heterocycles. The van der Waals surface area contributed by atoms with Gasteiger partial charge in [0.2, 0.25) is 0 Å². The number of halogens is 3. The van der Waals surface area contributed by atoms with E-state index in [0.29, 0.717) is 16.7 Å². The van der Waals surface area contributed by atoms with Crippen molar-refractivity contribution in [1.82, 2.24) is 10.6 Å². The molecule has 1 amide bonds. The van der Waals surface area contributed by atoms with Crippen LogP contribution in [0, 0.1) is 13.8 Å². The van der Waals surface area contributed by atoms with Gasteiger partial charge < -0.3 is 15.4 Å². The minimum absolute atomic E-state index is 0. The van der Waals surface area contributed by atoms with Gasteiger partial charge in [0.1, 0.15) is 5.75 Å². The standard InChI is InChI=1S/C15H20F2N2O2.ClH/c1-9-6-11(7-10(2)13(9)21-15(16)17)14(20)19-12-4-3-5-18-8-12;/h6-7,12,15,18H,3-5,8H2,1-2H3,(H,19,20);1H/t12-;/m0./s1. The molecule has 22 heavy (non-hydrogen) atoms. The fourth-order valence-corrected chi connectivity index (χ4v) is 2.60. The number of benzene rings is 1. The quantitative estimate of drug-likeness (QED) is 0.890. The molecule has 1 saturated heterocycles. The molecule has 0 bridgehead atoms. The van der Waals surface area contributed by atoms with Gasteiger partial charge in [-0.1, -0.05) is 0 Å². The summed E-state index contributed by atoms with van der Waals surface area (Å²) in [5.41, 5.74) is 1.53. The number of carbonyl (C=O) groups is 1. The van der Waals surface area contributed by atoms with Gasteiger partial charge in [-0.3, -0.25) is 4.79 Å². The molecule has 2 rings (SSSR count). The number of amides is 1. The van der Waals surface area contributed by atoms with Crippen LogP contribution in [0.2, 0.25) is 0 Å². The second kappa shape index (κ2) is 8.29. The molecule has 0 radical (unpaired) electrons. The van der Waals surface area contributed by atoms with Crippen LogP contribution >= 0.6 is 12.4 Å². The highest BCUT2D eigenvalue weighted by atomic mass is 35.5. The Morgan fingerprint density at radius 3 is 2.50 bits per heavy atom. The van der Waals surface area contributed by atoms with Crippen molar-refractivity contribution in [2.24, 2.45) is 0 Å². The van der Waals surface area contributed by atoms with Crippen molar-refractivity contribution < 1.29 is 18.3 Å². The molecule has 0 unspecified atom stereocenters. The maximum atomic E-state index is 12.3. The molecule has 1 aliphatic rings. The van der Waals surface area contributed by atoms with Gasteiger partial charge in [0.25, 0.3) is 5.91 Å². The Balaban J connectivity index is 0.00000242. The maximum absolute atomic E-state index is 12.3. The first-order valence-electron chi connectivity index (χ1n) is 7.05. The highest BCUT2D eigenvalue weighted by Gasteiger charge is 2.18. The van der Waals surface area contributed by atoms with Crippen LogP contribution < -0.4 is 15.4 Å². The van der Waals surface area contributed by atoms with Crippen LogP contribution in [0.5, 0.6) is 5.75 Å². The Kier molecular flexibility index (Phi) is 7.03. The van der Waals surface area contributed by atoms with Crippen LogP contribution in [0.25, 0.3) is 0 Å². The van der Waals surface area contributed by atoms with E-state index in [1.807, 2.05) is 0 Å². The molecule has 1 atom stereocenters. The summed E-state index contributed by atoms with van der Waals surface area (Å²) in [5.74, 6) is -0.0422. The molecule has 1 aromatic carbocycles. The molecule has 1 fully saturated rings. The van der Waals surface area contributed by atoms with Crippen molar-refractivity contribution in [1.29, 1.82) is 0 Å². The second-order valence-corrected chi connectivity index (χ2v) is 5.33. The van der Waals surface area contributed by atoms with Crippen molar-refractivity contribution >= 4 is 18.3 Å².